The van der Waals surface area contributed by atoms with Gasteiger partial charge in [-0.05, 0) is 6.08 Å². The first-order valence-corrected chi connectivity index (χ1v) is 5.10. The van der Waals surface area contributed by atoms with Crippen LogP contribution in [0.2, 0.25) is 0 Å². The molecule has 0 amide bonds. The lowest BCUT2D eigenvalue weighted by Crippen LogP contribution is -2.57. The molecule has 10 heteroatoms. The summed E-state index contributed by atoms with van der Waals surface area (Å²) in [6.45, 7) is 5.48. The van der Waals surface area contributed by atoms with Crippen LogP contribution in [-0.4, -0.2) is 13.7 Å². The van der Waals surface area contributed by atoms with E-state index in [-0.39, 0.29) is 9.13 Å². The molecule has 110 valence electrons. The van der Waals surface area contributed by atoms with Gasteiger partial charge in [0.15, 0.2) is 0 Å². The zero-order valence-corrected chi connectivity index (χ0v) is 9.93. The zero-order valence-electron chi connectivity index (χ0n) is 9.93. The third-order valence-corrected chi connectivity index (χ3v) is 2.26. The van der Waals surface area contributed by atoms with Gasteiger partial charge in [-0.25, -0.2) is 27.9 Å². The highest BCUT2D eigenvalue weighted by molar-refractivity contribution is 4.88. The molecular weight excluding hydrogens is 286 g/mol. The predicted molar refractivity (Wildman–Crippen MR) is 61.1 cm³/mol. The number of alkyl halides is 4. The molecule has 20 heavy (non-hydrogen) atoms. The van der Waals surface area contributed by atoms with Crippen molar-refractivity contribution in [1.29, 1.82) is 0 Å². The van der Waals surface area contributed by atoms with E-state index in [2.05, 4.69) is 13.2 Å². The van der Waals surface area contributed by atoms with Crippen LogP contribution in [0.4, 0.5) is 17.6 Å². The summed E-state index contributed by atoms with van der Waals surface area (Å²) in [5.74, 6) is 0. The summed E-state index contributed by atoms with van der Waals surface area (Å²) in [6, 6.07) is 0. The Labute approximate surface area is 108 Å². The van der Waals surface area contributed by atoms with Crippen LogP contribution in [0.5, 0.6) is 0 Å². The van der Waals surface area contributed by atoms with Crippen LogP contribution in [0.15, 0.2) is 39.7 Å². The van der Waals surface area contributed by atoms with Gasteiger partial charge in [0.1, 0.15) is 0 Å². The summed E-state index contributed by atoms with van der Waals surface area (Å²) < 4.78 is 50.0. The molecule has 1 aromatic heterocycles. The molecule has 6 nitrogen and oxygen atoms in total. The topological polar surface area (TPSA) is 66.0 Å². The van der Waals surface area contributed by atoms with Crippen molar-refractivity contribution in [1.82, 2.24) is 13.7 Å². The predicted octanol–water partition coefficient (Wildman–Crippen LogP) is 0.488. The Balaban J connectivity index is 3.99. The minimum Gasteiger partial charge on any atom is -0.247 e. The van der Waals surface area contributed by atoms with Gasteiger partial charge in [0.25, 0.3) is 0 Å². The third kappa shape index (κ3) is 2.49. The monoisotopic (exact) mass is 295 g/mol. The van der Waals surface area contributed by atoms with Crippen molar-refractivity contribution in [2.75, 3.05) is 0 Å². The summed E-state index contributed by atoms with van der Waals surface area (Å²) in [5, 5.41) is 0. The number of hydrogen-bond acceptors (Lipinski definition) is 3. The van der Waals surface area contributed by atoms with Gasteiger partial charge in [-0.1, -0.05) is 12.7 Å². The van der Waals surface area contributed by atoms with Crippen LogP contribution in [0.1, 0.15) is 6.30 Å². The van der Waals surface area contributed by atoms with E-state index in [0.717, 1.165) is 6.08 Å². The van der Waals surface area contributed by atoms with Gasteiger partial charge in [0, 0.05) is 0 Å². The van der Waals surface area contributed by atoms with E-state index in [1.54, 1.807) is 0 Å². The maximum atomic E-state index is 13.4. The Morgan fingerprint density at radius 3 is 2.05 bits per heavy atom. The second-order valence-corrected chi connectivity index (χ2v) is 3.53. The van der Waals surface area contributed by atoms with Crippen LogP contribution in [0, 0.1) is 0 Å². The first-order valence-electron chi connectivity index (χ1n) is 5.10. The molecule has 0 saturated carbocycles. The fraction of sp³-hybridized carbons (Fsp3) is 0.300. The molecule has 1 heterocycles. The Kier molecular flexibility index (Phi) is 4.16. The maximum absolute atomic E-state index is 13.4. The van der Waals surface area contributed by atoms with E-state index in [9.17, 15) is 31.9 Å². The number of halogens is 4. The molecule has 0 aliphatic rings. The van der Waals surface area contributed by atoms with E-state index < -0.39 is 40.8 Å². The summed E-state index contributed by atoms with van der Waals surface area (Å²) >= 11 is 0. The van der Waals surface area contributed by atoms with E-state index in [1.807, 2.05) is 0 Å². The zero-order chi connectivity index (χ0) is 15.7. The molecule has 1 unspecified atom stereocenters. The van der Waals surface area contributed by atoms with Crippen molar-refractivity contribution in [3.05, 3.63) is 56.8 Å². The SMILES string of the molecule is C=CCn1c(=O)n(C(F)C=C)c(=O)n(C(F)(F)F)c1=O. The average molecular weight is 295 g/mol. The average Bonchev–Trinajstić information content (AvgIpc) is 2.32. The number of hydrogen-bond donors (Lipinski definition) is 0. The number of aromatic nitrogens is 3. The molecule has 0 aliphatic carbocycles. The second kappa shape index (κ2) is 5.31. The van der Waals surface area contributed by atoms with E-state index >= 15 is 0 Å². The number of nitrogens with zero attached hydrogens (tertiary/aromatic N) is 3. The van der Waals surface area contributed by atoms with Crippen molar-refractivity contribution in [2.24, 2.45) is 0 Å². The van der Waals surface area contributed by atoms with Crippen molar-refractivity contribution in [3.63, 3.8) is 0 Å². The Morgan fingerprint density at radius 1 is 1.10 bits per heavy atom. The normalized spacial score (nSPS) is 13.0. The van der Waals surface area contributed by atoms with Crippen molar-refractivity contribution >= 4 is 0 Å². The minimum absolute atomic E-state index is 0.0397. The lowest BCUT2D eigenvalue weighted by Gasteiger charge is -2.15. The molecule has 0 fully saturated rings. The minimum atomic E-state index is -5.40. The molecule has 0 aromatic carbocycles. The smallest absolute Gasteiger partial charge is 0.247 e. The van der Waals surface area contributed by atoms with Gasteiger partial charge >= 0.3 is 23.4 Å². The fourth-order valence-corrected chi connectivity index (χ4v) is 1.42. The highest BCUT2D eigenvalue weighted by atomic mass is 19.4. The molecular formula is C10H9F4N3O3. The molecule has 0 aliphatic heterocycles. The lowest BCUT2D eigenvalue weighted by molar-refractivity contribution is -0.211. The molecule has 0 spiro atoms. The Bertz CT molecular complexity index is 710. The summed E-state index contributed by atoms with van der Waals surface area (Å²) in [7, 11) is 0. The standard InChI is InChI=1S/C10H9F4N3O3/c1-3-5-15-7(18)16(6(11)4-2)9(20)17(8(15)19)10(12,13)14/h3-4,6H,1-2,5H2. The van der Waals surface area contributed by atoms with Gasteiger partial charge in [-0.15, -0.1) is 19.8 Å². The van der Waals surface area contributed by atoms with Crippen molar-refractivity contribution in [2.45, 2.75) is 19.1 Å². The van der Waals surface area contributed by atoms with Crippen LogP contribution in [0.25, 0.3) is 0 Å². The summed E-state index contributed by atoms with van der Waals surface area (Å²) in [6.07, 6.45) is -6.49. The first-order chi connectivity index (χ1) is 9.16. The van der Waals surface area contributed by atoms with Crippen LogP contribution >= 0.6 is 0 Å². The highest BCUT2D eigenvalue weighted by Gasteiger charge is 2.37. The molecule has 0 N–H and O–H groups in total. The molecule has 1 aromatic rings. The van der Waals surface area contributed by atoms with Crippen LogP contribution < -0.4 is 17.1 Å². The largest absolute Gasteiger partial charge is 0.496 e. The maximum Gasteiger partial charge on any atom is 0.496 e. The van der Waals surface area contributed by atoms with Gasteiger partial charge in [-0.3, -0.25) is 0 Å². The molecule has 0 bridgehead atoms. The van der Waals surface area contributed by atoms with Gasteiger partial charge in [-0.2, -0.15) is 4.57 Å². The fourth-order valence-electron chi connectivity index (χ4n) is 1.42. The highest BCUT2D eigenvalue weighted by Crippen LogP contribution is 2.17. The van der Waals surface area contributed by atoms with Gasteiger partial charge in [0.2, 0.25) is 6.30 Å². The van der Waals surface area contributed by atoms with E-state index in [4.69, 9.17) is 0 Å². The van der Waals surface area contributed by atoms with Crippen molar-refractivity contribution < 1.29 is 17.6 Å². The van der Waals surface area contributed by atoms with Gasteiger partial charge < -0.3 is 0 Å². The van der Waals surface area contributed by atoms with Crippen LogP contribution in [-0.2, 0) is 12.8 Å². The molecule has 1 rings (SSSR count). The summed E-state index contributed by atoms with van der Waals surface area (Å²) in [4.78, 5) is 34.7. The molecule has 0 radical (unpaired) electrons. The van der Waals surface area contributed by atoms with Crippen molar-refractivity contribution in [3.8, 4) is 0 Å². The number of rotatable bonds is 4. The first kappa shape index (κ1) is 15.7. The van der Waals surface area contributed by atoms with E-state index in [0.29, 0.717) is 6.08 Å². The quantitative estimate of drug-likeness (QED) is 0.600. The van der Waals surface area contributed by atoms with Crippen LogP contribution in [0.3, 0.4) is 0 Å². The Hall–Kier alpha value is -2.39. The third-order valence-electron chi connectivity index (χ3n) is 2.26. The number of allylic oxidation sites excluding steroid dienone is 2. The Morgan fingerprint density at radius 2 is 1.65 bits per heavy atom. The molecule has 0 saturated heterocycles. The lowest BCUT2D eigenvalue weighted by atomic mass is 10.5. The second-order valence-electron chi connectivity index (χ2n) is 3.53. The molecule has 1 atom stereocenters. The summed E-state index contributed by atoms with van der Waals surface area (Å²) in [5.41, 5.74) is -5.56. The van der Waals surface area contributed by atoms with E-state index in [1.165, 1.54) is 0 Å². The van der Waals surface area contributed by atoms with Gasteiger partial charge in [0.05, 0.1) is 6.54 Å².